The quantitative estimate of drug-likeness (QED) is 0.718. The molecule has 2 rings (SSSR count). The molecule has 1 saturated carbocycles. The highest BCUT2D eigenvalue weighted by atomic mass is 32.2. The van der Waals surface area contributed by atoms with Crippen LogP contribution in [0.3, 0.4) is 0 Å². The molecular weight excluding hydrogens is 292 g/mol. The van der Waals surface area contributed by atoms with Gasteiger partial charge < -0.3 is 20.5 Å². The molecular formula is C14H18N2O4S. The maximum Gasteiger partial charge on any atom is 0.341 e. The zero-order valence-corrected chi connectivity index (χ0v) is 12.5. The first kappa shape index (κ1) is 15.5. The number of benzene rings is 1. The van der Waals surface area contributed by atoms with Gasteiger partial charge >= 0.3 is 12.0 Å². The van der Waals surface area contributed by atoms with Gasteiger partial charge in [0.2, 0.25) is 0 Å². The van der Waals surface area contributed by atoms with E-state index < -0.39 is 12.6 Å². The van der Waals surface area contributed by atoms with E-state index in [0.717, 1.165) is 12.8 Å². The Kier molecular flexibility index (Phi) is 4.95. The Labute approximate surface area is 127 Å². The fourth-order valence-corrected chi connectivity index (χ4v) is 2.56. The predicted molar refractivity (Wildman–Crippen MR) is 82.1 cm³/mol. The molecule has 0 aliphatic heterocycles. The van der Waals surface area contributed by atoms with Gasteiger partial charge in [0.1, 0.15) is 5.75 Å². The summed E-state index contributed by atoms with van der Waals surface area (Å²) in [7, 11) is 0. The third-order valence-corrected chi connectivity index (χ3v) is 4.72. The number of aliphatic carboxylic acids is 1. The first-order valence-corrected chi connectivity index (χ1v) is 7.81. The average Bonchev–Trinajstić information content (AvgIpc) is 3.25. The van der Waals surface area contributed by atoms with Gasteiger partial charge in [-0.05, 0) is 31.2 Å². The molecule has 2 amide bonds. The van der Waals surface area contributed by atoms with Crippen LogP contribution in [0.5, 0.6) is 5.75 Å². The van der Waals surface area contributed by atoms with Crippen molar-refractivity contribution in [1.82, 2.24) is 5.32 Å². The molecule has 21 heavy (non-hydrogen) atoms. The number of hydrogen-bond acceptors (Lipinski definition) is 4. The lowest BCUT2D eigenvalue weighted by molar-refractivity contribution is -0.139. The van der Waals surface area contributed by atoms with Gasteiger partial charge in [0.25, 0.3) is 0 Å². The maximum absolute atomic E-state index is 11.9. The normalized spacial score (nSPS) is 15.1. The van der Waals surface area contributed by atoms with E-state index >= 15 is 0 Å². The zero-order chi connectivity index (χ0) is 15.3. The first-order valence-electron chi connectivity index (χ1n) is 6.58. The number of para-hydroxylation sites is 2. The average molecular weight is 310 g/mol. The SMILES string of the molecule is CSC1(CNC(=O)Nc2ccccc2OCC(=O)O)CC1. The highest BCUT2D eigenvalue weighted by Gasteiger charge is 2.41. The van der Waals surface area contributed by atoms with E-state index in [2.05, 4.69) is 10.6 Å². The van der Waals surface area contributed by atoms with Crippen LogP contribution in [0.2, 0.25) is 0 Å². The standard InChI is InChI=1S/C14H18N2O4S/c1-21-14(6-7-14)9-15-13(19)16-10-4-2-3-5-11(10)20-8-12(17)18/h2-5H,6-9H2,1H3,(H,17,18)(H2,15,16,19). The number of carbonyl (C=O) groups excluding carboxylic acids is 1. The smallest absolute Gasteiger partial charge is 0.341 e. The van der Waals surface area contributed by atoms with E-state index in [1.54, 1.807) is 36.0 Å². The first-order chi connectivity index (χ1) is 10.0. The number of thioether (sulfide) groups is 1. The second-order valence-electron chi connectivity index (χ2n) is 4.87. The highest BCUT2D eigenvalue weighted by molar-refractivity contribution is 8.00. The Hall–Kier alpha value is -1.89. The molecule has 6 nitrogen and oxygen atoms in total. The zero-order valence-electron chi connectivity index (χ0n) is 11.7. The summed E-state index contributed by atoms with van der Waals surface area (Å²) in [6.45, 7) is 0.175. The lowest BCUT2D eigenvalue weighted by Crippen LogP contribution is -2.35. The van der Waals surface area contributed by atoms with Crippen LogP contribution in [0.15, 0.2) is 24.3 Å². The summed E-state index contributed by atoms with van der Waals surface area (Å²) in [4.78, 5) is 22.4. The molecule has 0 aromatic heterocycles. The summed E-state index contributed by atoms with van der Waals surface area (Å²) in [5.74, 6) is -0.731. The van der Waals surface area contributed by atoms with Crippen molar-refractivity contribution in [3.8, 4) is 5.75 Å². The molecule has 1 aromatic carbocycles. The molecule has 0 unspecified atom stereocenters. The third kappa shape index (κ3) is 4.56. The largest absolute Gasteiger partial charge is 0.480 e. The van der Waals surface area contributed by atoms with Crippen molar-refractivity contribution in [2.45, 2.75) is 17.6 Å². The minimum absolute atomic E-state index is 0.191. The van der Waals surface area contributed by atoms with Crippen molar-refractivity contribution in [3.05, 3.63) is 24.3 Å². The van der Waals surface area contributed by atoms with Gasteiger partial charge in [-0.15, -0.1) is 0 Å². The minimum Gasteiger partial charge on any atom is -0.480 e. The van der Waals surface area contributed by atoms with E-state index in [9.17, 15) is 9.59 Å². The minimum atomic E-state index is -1.06. The molecule has 0 heterocycles. The molecule has 1 aromatic rings. The second kappa shape index (κ2) is 6.71. The topological polar surface area (TPSA) is 87.7 Å². The summed E-state index contributed by atoms with van der Waals surface area (Å²) in [5.41, 5.74) is 0.449. The Morgan fingerprint density at radius 1 is 1.38 bits per heavy atom. The number of ether oxygens (including phenoxy) is 1. The summed E-state index contributed by atoms with van der Waals surface area (Å²) in [5, 5.41) is 14.1. The molecule has 0 saturated heterocycles. The number of anilines is 1. The Morgan fingerprint density at radius 3 is 2.71 bits per heavy atom. The molecule has 7 heteroatoms. The summed E-state index contributed by atoms with van der Waals surface area (Å²) >= 11 is 1.77. The van der Waals surface area contributed by atoms with Gasteiger partial charge in [-0.2, -0.15) is 11.8 Å². The summed E-state index contributed by atoms with van der Waals surface area (Å²) in [6.07, 6.45) is 4.28. The Balaban J connectivity index is 1.89. The lowest BCUT2D eigenvalue weighted by Gasteiger charge is -2.15. The Bertz CT molecular complexity index is 531. The van der Waals surface area contributed by atoms with Crippen molar-refractivity contribution in [2.75, 3.05) is 24.7 Å². The molecule has 0 radical (unpaired) electrons. The summed E-state index contributed by atoms with van der Waals surface area (Å²) in [6, 6.07) is 6.42. The molecule has 114 valence electrons. The van der Waals surface area contributed by atoms with Crippen LogP contribution in [-0.4, -0.2) is 41.3 Å². The van der Waals surface area contributed by atoms with Crippen LogP contribution in [0, 0.1) is 0 Å². The fraction of sp³-hybridized carbons (Fsp3) is 0.429. The van der Waals surface area contributed by atoms with Crippen molar-refractivity contribution in [1.29, 1.82) is 0 Å². The highest BCUT2D eigenvalue weighted by Crippen LogP contribution is 2.46. The van der Waals surface area contributed by atoms with Crippen molar-refractivity contribution in [2.24, 2.45) is 0 Å². The maximum atomic E-state index is 11.9. The number of rotatable bonds is 7. The van der Waals surface area contributed by atoms with E-state index in [4.69, 9.17) is 9.84 Å². The number of carboxylic acids is 1. The number of hydrogen-bond donors (Lipinski definition) is 3. The fourth-order valence-electron chi connectivity index (χ4n) is 1.84. The van der Waals surface area contributed by atoms with Crippen molar-refractivity contribution < 1.29 is 19.4 Å². The van der Waals surface area contributed by atoms with E-state index in [1.165, 1.54) is 0 Å². The van der Waals surface area contributed by atoms with Crippen LogP contribution >= 0.6 is 11.8 Å². The Morgan fingerprint density at radius 2 is 2.10 bits per heavy atom. The molecule has 1 fully saturated rings. The van der Waals surface area contributed by atoms with Crippen LogP contribution in [0.25, 0.3) is 0 Å². The second-order valence-corrected chi connectivity index (χ2v) is 6.15. The molecule has 1 aliphatic carbocycles. The molecule has 0 spiro atoms. The van der Waals surface area contributed by atoms with E-state index in [1.807, 2.05) is 6.26 Å². The molecule has 0 atom stereocenters. The van der Waals surface area contributed by atoms with Gasteiger partial charge in [0, 0.05) is 11.3 Å². The number of nitrogens with one attached hydrogen (secondary N) is 2. The number of carboxylic acid groups (broad SMARTS) is 1. The van der Waals surface area contributed by atoms with Crippen molar-refractivity contribution in [3.63, 3.8) is 0 Å². The van der Waals surface area contributed by atoms with Gasteiger partial charge in [-0.1, -0.05) is 12.1 Å². The number of carbonyl (C=O) groups is 2. The lowest BCUT2D eigenvalue weighted by atomic mass is 10.3. The molecule has 3 N–H and O–H groups in total. The van der Waals surface area contributed by atoms with Crippen LogP contribution in [0.4, 0.5) is 10.5 Å². The van der Waals surface area contributed by atoms with Gasteiger partial charge in [0.15, 0.2) is 6.61 Å². The van der Waals surface area contributed by atoms with E-state index in [0.29, 0.717) is 18.0 Å². The van der Waals surface area contributed by atoms with Crippen LogP contribution in [-0.2, 0) is 4.79 Å². The number of urea groups is 1. The number of amides is 2. The van der Waals surface area contributed by atoms with Crippen molar-refractivity contribution >= 4 is 29.4 Å². The van der Waals surface area contributed by atoms with Crippen LogP contribution in [0.1, 0.15) is 12.8 Å². The van der Waals surface area contributed by atoms with Gasteiger partial charge in [-0.25, -0.2) is 9.59 Å². The van der Waals surface area contributed by atoms with Gasteiger partial charge in [-0.3, -0.25) is 0 Å². The summed E-state index contributed by atoms with van der Waals surface area (Å²) < 4.78 is 5.32. The van der Waals surface area contributed by atoms with Gasteiger partial charge in [0.05, 0.1) is 5.69 Å². The monoisotopic (exact) mass is 310 g/mol. The van der Waals surface area contributed by atoms with E-state index in [-0.39, 0.29) is 10.8 Å². The van der Waals surface area contributed by atoms with Crippen LogP contribution < -0.4 is 15.4 Å². The molecule has 1 aliphatic rings. The predicted octanol–water partition coefficient (Wildman–Crippen LogP) is 2.17. The third-order valence-electron chi connectivity index (χ3n) is 3.30. The molecule has 0 bridgehead atoms.